The van der Waals surface area contributed by atoms with Gasteiger partial charge in [-0.3, -0.25) is 10.1 Å². The second-order valence-electron chi connectivity index (χ2n) is 6.23. The van der Waals surface area contributed by atoms with Crippen LogP contribution < -0.4 is 5.32 Å². The highest BCUT2D eigenvalue weighted by Crippen LogP contribution is 2.24. The van der Waals surface area contributed by atoms with Crippen LogP contribution in [0.1, 0.15) is 58.7 Å². The molecule has 0 heterocycles. The molecule has 0 aliphatic heterocycles. The Morgan fingerprint density at radius 1 is 1.20 bits per heavy atom. The van der Waals surface area contributed by atoms with E-state index in [-0.39, 0.29) is 23.5 Å². The van der Waals surface area contributed by atoms with Crippen molar-refractivity contribution in [3.05, 3.63) is 35.4 Å². The number of esters is 1. The molecule has 20 heavy (non-hydrogen) atoms. The van der Waals surface area contributed by atoms with E-state index in [1.165, 1.54) is 11.1 Å². The second-order valence-corrected chi connectivity index (χ2v) is 6.23. The lowest BCUT2D eigenvalue weighted by atomic mass is 9.86. The number of carbonyl (C=O) groups excluding carboxylic acids is 1. The van der Waals surface area contributed by atoms with Crippen LogP contribution in [0, 0.1) is 0 Å². The van der Waals surface area contributed by atoms with Gasteiger partial charge in [0.1, 0.15) is 6.04 Å². The molecule has 3 heteroatoms. The van der Waals surface area contributed by atoms with Crippen LogP contribution in [0.2, 0.25) is 0 Å². The lowest BCUT2D eigenvalue weighted by Gasteiger charge is -2.22. The van der Waals surface area contributed by atoms with Gasteiger partial charge in [0.2, 0.25) is 0 Å². The van der Waals surface area contributed by atoms with E-state index < -0.39 is 0 Å². The topological polar surface area (TPSA) is 38.3 Å². The van der Waals surface area contributed by atoms with Crippen molar-refractivity contribution < 1.29 is 9.53 Å². The van der Waals surface area contributed by atoms with Gasteiger partial charge in [-0.05, 0) is 37.3 Å². The largest absolute Gasteiger partial charge is 0.465 e. The SMILES string of the molecule is CCOC(=O)C(C)NC(C)c1ccc(C(C)(C)C)cc1. The summed E-state index contributed by atoms with van der Waals surface area (Å²) >= 11 is 0. The van der Waals surface area contributed by atoms with E-state index >= 15 is 0 Å². The lowest BCUT2D eigenvalue weighted by Crippen LogP contribution is -2.37. The van der Waals surface area contributed by atoms with Gasteiger partial charge in [-0.25, -0.2) is 0 Å². The number of rotatable bonds is 5. The zero-order valence-electron chi connectivity index (χ0n) is 13.5. The minimum absolute atomic E-state index is 0.114. The Bertz CT molecular complexity index is 431. The average Bonchev–Trinajstić information content (AvgIpc) is 2.38. The molecule has 0 bridgehead atoms. The summed E-state index contributed by atoms with van der Waals surface area (Å²) < 4.78 is 5.00. The van der Waals surface area contributed by atoms with E-state index in [0.29, 0.717) is 6.61 Å². The van der Waals surface area contributed by atoms with E-state index in [2.05, 4.69) is 57.3 Å². The molecule has 1 rings (SSSR count). The van der Waals surface area contributed by atoms with Crippen molar-refractivity contribution in [2.45, 2.75) is 59.0 Å². The Hall–Kier alpha value is -1.35. The molecule has 1 aromatic rings. The summed E-state index contributed by atoms with van der Waals surface area (Å²) in [4.78, 5) is 11.6. The van der Waals surface area contributed by atoms with Crippen LogP contribution in [-0.4, -0.2) is 18.6 Å². The number of hydrogen-bond acceptors (Lipinski definition) is 3. The maximum Gasteiger partial charge on any atom is 0.322 e. The normalized spacial score (nSPS) is 14.7. The number of hydrogen-bond donors (Lipinski definition) is 1. The molecule has 1 aromatic carbocycles. The van der Waals surface area contributed by atoms with Gasteiger partial charge in [-0.2, -0.15) is 0 Å². The highest BCUT2D eigenvalue weighted by molar-refractivity contribution is 5.75. The zero-order valence-corrected chi connectivity index (χ0v) is 13.5. The van der Waals surface area contributed by atoms with Crippen LogP contribution in [0.25, 0.3) is 0 Å². The number of benzene rings is 1. The molecule has 0 radical (unpaired) electrons. The third-order valence-corrected chi connectivity index (χ3v) is 3.42. The molecular formula is C17H27NO2. The van der Waals surface area contributed by atoms with Crippen LogP contribution in [0.3, 0.4) is 0 Å². The second kappa shape index (κ2) is 6.89. The molecule has 0 fully saturated rings. The first-order valence-electron chi connectivity index (χ1n) is 7.28. The van der Waals surface area contributed by atoms with E-state index in [1.807, 2.05) is 13.8 Å². The summed E-state index contributed by atoms with van der Waals surface area (Å²) in [5.41, 5.74) is 2.65. The first kappa shape index (κ1) is 16.7. The van der Waals surface area contributed by atoms with E-state index in [9.17, 15) is 4.79 Å². The fourth-order valence-electron chi connectivity index (χ4n) is 2.08. The molecule has 0 saturated heterocycles. The van der Waals surface area contributed by atoms with E-state index in [4.69, 9.17) is 4.74 Å². The summed E-state index contributed by atoms with van der Waals surface area (Å²) in [5, 5.41) is 3.26. The van der Waals surface area contributed by atoms with Crippen LogP contribution >= 0.6 is 0 Å². The third kappa shape index (κ3) is 4.64. The van der Waals surface area contributed by atoms with Crippen molar-refractivity contribution in [3.63, 3.8) is 0 Å². The summed E-state index contributed by atoms with van der Waals surface area (Å²) in [5.74, 6) is -0.203. The van der Waals surface area contributed by atoms with E-state index in [1.54, 1.807) is 0 Å². The molecule has 1 N–H and O–H groups in total. The summed E-state index contributed by atoms with van der Waals surface area (Å²) in [7, 11) is 0. The fraction of sp³-hybridized carbons (Fsp3) is 0.588. The molecule has 2 atom stereocenters. The summed E-state index contributed by atoms with van der Waals surface area (Å²) in [6.07, 6.45) is 0. The van der Waals surface area contributed by atoms with Gasteiger partial charge >= 0.3 is 5.97 Å². The number of nitrogens with one attached hydrogen (secondary N) is 1. The summed E-state index contributed by atoms with van der Waals surface area (Å²) in [6, 6.07) is 8.37. The maximum atomic E-state index is 11.6. The smallest absolute Gasteiger partial charge is 0.322 e. The van der Waals surface area contributed by atoms with Crippen LogP contribution in [0.15, 0.2) is 24.3 Å². The molecule has 3 nitrogen and oxygen atoms in total. The maximum absolute atomic E-state index is 11.6. The molecule has 0 aliphatic rings. The van der Waals surface area contributed by atoms with E-state index in [0.717, 1.165) is 0 Å². The number of ether oxygens (including phenoxy) is 1. The van der Waals surface area contributed by atoms with Crippen molar-refractivity contribution in [1.82, 2.24) is 5.32 Å². The van der Waals surface area contributed by atoms with Crippen LogP contribution in [-0.2, 0) is 14.9 Å². The predicted molar refractivity (Wildman–Crippen MR) is 82.8 cm³/mol. The third-order valence-electron chi connectivity index (χ3n) is 3.42. The quantitative estimate of drug-likeness (QED) is 0.836. The molecule has 0 saturated carbocycles. The Morgan fingerprint density at radius 2 is 1.75 bits per heavy atom. The first-order chi connectivity index (χ1) is 9.25. The molecule has 0 spiro atoms. The fourth-order valence-corrected chi connectivity index (χ4v) is 2.08. The van der Waals surface area contributed by atoms with Crippen molar-refractivity contribution in [1.29, 1.82) is 0 Å². The first-order valence-corrected chi connectivity index (χ1v) is 7.28. The minimum atomic E-state index is -0.299. The van der Waals surface area contributed by atoms with Gasteiger partial charge in [0.25, 0.3) is 0 Å². The average molecular weight is 277 g/mol. The van der Waals surface area contributed by atoms with Crippen molar-refractivity contribution in [3.8, 4) is 0 Å². The van der Waals surface area contributed by atoms with Crippen LogP contribution in [0.5, 0.6) is 0 Å². The molecule has 0 aromatic heterocycles. The summed E-state index contributed by atoms with van der Waals surface area (Å²) in [6.45, 7) is 12.7. The lowest BCUT2D eigenvalue weighted by molar-refractivity contribution is -0.145. The number of carbonyl (C=O) groups is 1. The standard InChI is InChI=1S/C17H27NO2/c1-7-20-16(19)13(3)18-12(2)14-8-10-15(11-9-14)17(4,5)6/h8-13,18H,7H2,1-6H3. The molecule has 2 unspecified atom stereocenters. The molecular weight excluding hydrogens is 250 g/mol. The Balaban J connectivity index is 2.68. The Morgan fingerprint density at radius 3 is 2.20 bits per heavy atom. The molecule has 112 valence electrons. The van der Waals surface area contributed by atoms with Gasteiger partial charge in [0.15, 0.2) is 0 Å². The van der Waals surface area contributed by atoms with Crippen molar-refractivity contribution in [2.75, 3.05) is 6.61 Å². The predicted octanol–water partition coefficient (Wildman–Crippen LogP) is 3.59. The minimum Gasteiger partial charge on any atom is -0.465 e. The zero-order chi connectivity index (χ0) is 15.3. The highest BCUT2D eigenvalue weighted by Gasteiger charge is 2.18. The molecule has 0 aliphatic carbocycles. The van der Waals surface area contributed by atoms with Gasteiger partial charge in [-0.15, -0.1) is 0 Å². The van der Waals surface area contributed by atoms with Crippen molar-refractivity contribution >= 4 is 5.97 Å². The van der Waals surface area contributed by atoms with Gasteiger partial charge in [0.05, 0.1) is 6.61 Å². The Labute approximate surface area is 122 Å². The van der Waals surface area contributed by atoms with Gasteiger partial charge in [-0.1, -0.05) is 45.0 Å². The van der Waals surface area contributed by atoms with Gasteiger partial charge in [0, 0.05) is 6.04 Å². The molecule has 0 amide bonds. The highest BCUT2D eigenvalue weighted by atomic mass is 16.5. The van der Waals surface area contributed by atoms with Gasteiger partial charge < -0.3 is 4.74 Å². The van der Waals surface area contributed by atoms with Crippen molar-refractivity contribution in [2.24, 2.45) is 0 Å². The monoisotopic (exact) mass is 277 g/mol. The van der Waals surface area contributed by atoms with Crippen LogP contribution in [0.4, 0.5) is 0 Å². The Kier molecular flexibility index (Phi) is 5.75.